The van der Waals surface area contributed by atoms with E-state index in [9.17, 15) is 32.1 Å². The number of ether oxygens (including phenoxy) is 2. The summed E-state index contributed by atoms with van der Waals surface area (Å²) >= 11 is 0. The number of rotatable bonds is 4. The summed E-state index contributed by atoms with van der Waals surface area (Å²) in [6.07, 6.45) is 0. The number of benzene rings is 2. The molecule has 0 aromatic heterocycles. The molecule has 2 aromatic rings. The number of nitrogens with zero attached hydrogens (tertiary/aromatic N) is 3. The number of hydrogen-bond acceptors (Lipinski definition) is 7. The van der Waals surface area contributed by atoms with Crippen LogP contribution in [0.25, 0.3) is 0 Å². The van der Waals surface area contributed by atoms with E-state index in [0.717, 1.165) is 22.5 Å². The molecule has 0 N–H and O–H groups in total. The Kier molecular flexibility index (Phi) is 5.69. The number of hydrogen-bond donors (Lipinski definition) is 0. The van der Waals surface area contributed by atoms with Gasteiger partial charge in [-0.25, -0.2) is 17.2 Å². The predicted octanol–water partition coefficient (Wildman–Crippen LogP) is 1.79. The summed E-state index contributed by atoms with van der Waals surface area (Å²) in [5, 5.41) is 11.5. The van der Waals surface area contributed by atoms with E-state index in [4.69, 9.17) is 9.47 Å². The second-order valence-electron chi connectivity index (χ2n) is 7.04. The highest BCUT2D eigenvalue weighted by atomic mass is 32.2. The molecule has 170 valence electrons. The number of piperazine rings is 1. The minimum absolute atomic E-state index is 0.0966. The Labute approximate surface area is 181 Å². The highest BCUT2D eigenvalue weighted by molar-refractivity contribution is 7.89. The first-order chi connectivity index (χ1) is 15.2. The zero-order valence-electron chi connectivity index (χ0n) is 16.5. The van der Waals surface area contributed by atoms with Gasteiger partial charge in [0.2, 0.25) is 10.0 Å². The summed E-state index contributed by atoms with van der Waals surface area (Å²) in [5.74, 6) is -2.30. The lowest BCUT2D eigenvalue weighted by Gasteiger charge is -2.34. The van der Waals surface area contributed by atoms with Gasteiger partial charge in [0.1, 0.15) is 35.3 Å². The monoisotopic (exact) mass is 469 g/mol. The summed E-state index contributed by atoms with van der Waals surface area (Å²) in [4.78, 5) is 24.2. The van der Waals surface area contributed by atoms with Gasteiger partial charge in [0.05, 0.1) is 11.0 Å². The largest absolute Gasteiger partial charge is 0.486 e. The van der Waals surface area contributed by atoms with Crippen molar-refractivity contribution in [3.8, 4) is 11.5 Å². The molecular weight excluding hydrogens is 452 g/mol. The second kappa shape index (κ2) is 8.31. The van der Waals surface area contributed by atoms with Crippen molar-refractivity contribution in [2.45, 2.75) is 4.90 Å². The molecule has 32 heavy (non-hydrogen) atoms. The zero-order valence-corrected chi connectivity index (χ0v) is 17.3. The average molecular weight is 469 g/mol. The lowest BCUT2D eigenvalue weighted by molar-refractivity contribution is -0.385. The van der Waals surface area contributed by atoms with Crippen molar-refractivity contribution in [3.63, 3.8) is 0 Å². The van der Waals surface area contributed by atoms with Crippen LogP contribution in [-0.2, 0) is 10.0 Å². The normalized spacial score (nSPS) is 16.6. The maximum Gasteiger partial charge on any atom is 0.286 e. The van der Waals surface area contributed by atoms with Crippen LogP contribution in [0.5, 0.6) is 11.5 Å². The molecule has 2 heterocycles. The lowest BCUT2D eigenvalue weighted by Crippen LogP contribution is -2.50. The first-order valence-corrected chi connectivity index (χ1v) is 10.9. The molecule has 0 spiro atoms. The van der Waals surface area contributed by atoms with Crippen LogP contribution in [0.2, 0.25) is 0 Å². The fraction of sp³-hybridized carbons (Fsp3) is 0.316. The standard InChI is InChI=1S/C19H17F2N3O7S/c20-12-1-2-14(21)18(9-12)32(28,29)23-5-3-22(4-6-23)19(25)13-10-16-17(31-8-7-30-16)11-15(13)24(26)27/h1-2,9-11H,3-8H2. The molecule has 10 nitrogen and oxygen atoms in total. The number of nitro benzene ring substituents is 1. The van der Waals surface area contributed by atoms with E-state index in [1.807, 2.05) is 0 Å². The molecule has 13 heteroatoms. The van der Waals surface area contributed by atoms with Gasteiger partial charge >= 0.3 is 0 Å². The fourth-order valence-corrected chi connectivity index (χ4v) is 5.01. The third kappa shape index (κ3) is 3.96. The van der Waals surface area contributed by atoms with Gasteiger partial charge in [0, 0.05) is 32.2 Å². The van der Waals surface area contributed by atoms with Crippen LogP contribution < -0.4 is 9.47 Å². The Bertz CT molecular complexity index is 1200. The first kappa shape index (κ1) is 21.9. The molecule has 1 fully saturated rings. The summed E-state index contributed by atoms with van der Waals surface area (Å²) in [7, 11) is -4.33. The van der Waals surface area contributed by atoms with Crippen molar-refractivity contribution in [2.75, 3.05) is 39.4 Å². The van der Waals surface area contributed by atoms with Crippen molar-refractivity contribution in [1.82, 2.24) is 9.21 Å². The highest BCUT2D eigenvalue weighted by Crippen LogP contribution is 2.37. The third-order valence-corrected chi connectivity index (χ3v) is 7.04. The Balaban J connectivity index is 1.54. The SMILES string of the molecule is O=C(c1cc2c(cc1[N+](=O)[O-])OCCO2)N1CCN(S(=O)(=O)c2cc(F)ccc2F)CC1. The molecule has 4 rings (SSSR count). The Morgan fingerprint density at radius 3 is 2.25 bits per heavy atom. The van der Waals surface area contributed by atoms with Gasteiger partial charge in [-0.05, 0) is 18.2 Å². The van der Waals surface area contributed by atoms with E-state index in [-0.39, 0.29) is 56.5 Å². The van der Waals surface area contributed by atoms with Crippen LogP contribution in [0.15, 0.2) is 35.2 Å². The number of carbonyl (C=O) groups is 1. The van der Waals surface area contributed by atoms with Crippen molar-refractivity contribution < 1.29 is 36.4 Å². The number of amides is 1. The quantitative estimate of drug-likeness (QED) is 0.495. The van der Waals surface area contributed by atoms with E-state index < -0.39 is 43.1 Å². The van der Waals surface area contributed by atoms with Crippen LogP contribution in [0.4, 0.5) is 14.5 Å². The van der Waals surface area contributed by atoms with Gasteiger partial charge in [-0.15, -0.1) is 0 Å². The van der Waals surface area contributed by atoms with Crippen LogP contribution in [0.3, 0.4) is 0 Å². The summed E-state index contributed by atoms with van der Waals surface area (Å²) in [5.41, 5.74) is -0.678. The summed E-state index contributed by atoms with van der Waals surface area (Å²) < 4.78 is 64.5. The van der Waals surface area contributed by atoms with Gasteiger partial charge in [0.25, 0.3) is 11.6 Å². The highest BCUT2D eigenvalue weighted by Gasteiger charge is 2.35. The molecule has 1 saturated heterocycles. The maximum absolute atomic E-state index is 14.0. The molecule has 2 aliphatic rings. The fourth-order valence-electron chi connectivity index (χ4n) is 3.52. The van der Waals surface area contributed by atoms with Crippen molar-refractivity contribution >= 4 is 21.6 Å². The van der Waals surface area contributed by atoms with Gasteiger partial charge < -0.3 is 14.4 Å². The number of carbonyl (C=O) groups excluding carboxylic acids is 1. The van der Waals surface area contributed by atoms with E-state index >= 15 is 0 Å². The molecule has 2 aliphatic heterocycles. The predicted molar refractivity (Wildman–Crippen MR) is 105 cm³/mol. The zero-order chi connectivity index (χ0) is 23.0. The van der Waals surface area contributed by atoms with Gasteiger partial charge in [-0.2, -0.15) is 4.31 Å². The minimum atomic E-state index is -4.33. The summed E-state index contributed by atoms with van der Waals surface area (Å²) in [6.45, 7) is -0.128. The van der Waals surface area contributed by atoms with Crippen LogP contribution in [-0.4, -0.2) is 67.8 Å². The van der Waals surface area contributed by atoms with Crippen molar-refractivity contribution in [2.24, 2.45) is 0 Å². The van der Waals surface area contributed by atoms with E-state index in [2.05, 4.69) is 0 Å². The number of sulfonamides is 1. The molecule has 0 bridgehead atoms. The average Bonchev–Trinajstić information content (AvgIpc) is 2.79. The molecule has 0 radical (unpaired) electrons. The van der Waals surface area contributed by atoms with E-state index in [0.29, 0.717) is 6.07 Å². The molecule has 0 unspecified atom stereocenters. The molecule has 0 saturated carbocycles. The third-order valence-electron chi connectivity index (χ3n) is 5.12. The minimum Gasteiger partial charge on any atom is -0.486 e. The second-order valence-corrected chi connectivity index (χ2v) is 8.95. The molecule has 0 aliphatic carbocycles. The topological polar surface area (TPSA) is 119 Å². The smallest absolute Gasteiger partial charge is 0.286 e. The van der Waals surface area contributed by atoms with Crippen molar-refractivity contribution in [1.29, 1.82) is 0 Å². The Morgan fingerprint density at radius 2 is 1.62 bits per heavy atom. The maximum atomic E-state index is 14.0. The first-order valence-electron chi connectivity index (χ1n) is 9.51. The number of fused-ring (bicyclic) bond motifs is 1. The summed E-state index contributed by atoms with van der Waals surface area (Å²) in [6, 6.07) is 4.49. The Morgan fingerprint density at radius 1 is 1.00 bits per heavy atom. The Hall–Kier alpha value is -3.32. The lowest BCUT2D eigenvalue weighted by atomic mass is 10.1. The van der Waals surface area contributed by atoms with Crippen LogP contribution in [0, 0.1) is 21.7 Å². The van der Waals surface area contributed by atoms with Gasteiger partial charge in [-0.3, -0.25) is 14.9 Å². The molecular formula is C19H17F2N3O7S. The van der Waals surface area contributed by atoms with Crippen LogP contribution in [0.1, 0.15) is 10.4 Å². The molecule has 2 aromatic carbocycles. The van der Waals surface area contributed by atoms with Gasteiger partial charge in [-0.1, -0.05) is 0 Å². The van der Waals surface area contributed by atoms with Gasteiger partial charge in [0.15, 0.2) is 11.5 Å². The number of halogens is 2. The van der Waals surface area contributed by atoms with E-state index in [1.54, 1.807) is 0 Å². The molecule has 0 atom stereocenters. The van der Waals surface area contributed by atoms with Crippen molar-refractivity contribution in [3.05, 3.63) is 57.6 Å². The number of nitro groups is 1. The van der Waals surface area contributed by atoms with Crippen LogP contribution >= 0.6 is 0 Å². The molecule has 1 amide bonds. The van der Waals surface area contributed by atoms with E-state index in [1.165, 1.54) is 11.0 Å².